The second-order valence-electron chi connectivity index (χ2n) is 9.04. The van der Waals surface area contributed by atoms with Crippen molar-refractivity contribution in [3.8, 4) is 0 Å². The van der Waals surface area contributed by atoms with Crippen molar-refractivity contribution in [3.63, 3.8) is 0 Å². The normalized spacial score (nSPS) is 31.2. The van der Waals surface area contributed by atoms with Gasteiger partial charge in [-0.2, -0.15) is 5.21 Å². The van der Waals surface area contributed by atoms with E-state index in [0.717, 1.165) is 17.7 Å². The van der Waals surface area contributed by atoms with E-state index in [1.165, 1.54) is 4.90 Å². The van der Waals surface area contributed by atoms with Gasteiger partial charge in [0.25, 0.3) is 0 Å². The van der Waals surface area contributed by atoms with Crippen LogP contribution in [0.5, 0.6) is 0 Å². The van der Waals surface area contributed by atoms with Gasteiger partial charge in [0.05, 0.1) is 6.54 Å². The predicted octanol–water partition coefficient (Wildman–Crippen LogP) is 2.11. The first-order chi connectivity index (χ1) is 15.3. The van der Waals surface area contributed by atoms with Gasteiger partial charge in [-0.15, -0.1) is 33.7 Å². The van der Waals surface area contributed by atoms with E-state index in [4.69, 9.17) is 0 Å². The number of rotatable bonds is 6. The van der Waals surface area contributed by atoms with Crippen LogP contribution < -0.4 is 5.32 Å². The number of aromatic amines is 1. The van der Waals surface area contributed by atoms with Crippen molar-refractivity contribution in [3.05, 3.63) is 35.7 Å². The molecule has 9 nitrogen and oxygen atoms in total. The average Bonchev–Trinajstić information content (AvgIpc) is 3.45. The van der Waals surface area contributed by atoms with Gasteiger partial charge in [0.15, 0.2) is 5.82 Å². The maximum atomic E-state index is 13.5. The Bertz CT molecular complexity index is 1050. The summed E-state index contributed by atoms with van der Waals surface area (Å²) < 4.78 is -0.303. The highest BCUT2D eigenvalue weighted by Crippen LogP contribution is 2.58. The minimum Gasteiger partial charge on any atom is -0.314 e. The molecule has 2 amide bonds. The summed E-state index contributed by atoms with van der Waals surface area (Å²) in [7, 11) is 0. The van der Waals surface area contributed by atoms with Crippen molar-refractivity contribution in [2.24, 2.45) is 0 Å². The highest BCUT2D eigenvalue weighted by atomic mass is 32.2. The van der Waals surface area contributed by atoms with E-state index in [1.54, 1.807) is 28.4 Å². The zero-order valence-electron chi connectivity index (χ0n) is 18.5. The third-order valence-corrected chi connectivity index (χ3v) is 9.26. The van der Waals surface area contributed by atoms with E-state index >= 15 is 0 Å². The van der Waals surface area contributed by atoms with Crippen molar-refractivity contribution in [2.75, 3.05) is 12.3 Å². The highest BCUT2D eigenvalue weighted by Gasteiger charge is 2.67. The van der Waals surface area contributed by atoms with Crippen LogP contribution in [0.2, 0.25) is 0 Å². The maximum Gasteiger partial charge on any atom is 0.250 e. The Labute approximate surface area is 195 Å². The summed E-state index contributed by atoms with van der Waals surface area (Å²) in [5, 5.41) is 17.7. The molecule has 1 aromatic heterocycles. The molecule has 3 saturated heterocycles. The number of amides is 2. The third kappa shape index (κ3) is 3.16. The molecule has 0 aliphatic carbocycles. The number of hydrogen-bond donors (Lipinski definition) is 2. The van der Waals surface area contributed by atoms with Crippen LogP contribution in [-0.2, 0) is 15.3 Å². The molecule has 4 heterocycles. The smallest absolute Gasteiger partial charge is 0.250 e. The van der Waals surface area contributed by atoms with Gasteiger partial charge in [-0.3, -0.25) is 14.9 Å². The second kappa shape index (κ2) is 7.74. The molecule has 0 spiro atoms. The fraction of sp³-hybridized carbons (Fsp3) is 0.571. The van der Waals surface area contributed by atoms with E-state index in [1.807, 2.05) is 24.0 Å². The molecule has 170 valence electrons. The summed E-state index contributed by atoms with van der Waals surface area (Å²) in [4.78, 5) is 31.3. The summed E-state index contributed by atoms with van der Waals surface area (Å²) in [5.41, 5.74) is 0.244. The molecule has 0 saturated carbocycles. The first-order valence-corrected chi connectivity index (χ1v) is 12.7. The number of fused-ring (bicyclic) bond motifs is 1. The van der Waals surface area contributed by atoms with Gasteiger partial charge in [-0.05, 0) is 50.6 Å². The SMILES string of the molecule is CCCSc1cccc(C2(C)NCC(=O)N2C2C(=O)N3C(c4nn[nH]n4)C(C)(C)S[C@H]23)c1. The number of tetrazole rings is 1. The Morgan fingerprint density at radius 2 is 2.09 bits per heavy atom. The molecule has 1 aromatic carbocycles. The van der Waals surface area contributed by atoms with E-state index in [0.29, 0.717) is 5.82 Å². The fourth-order valence-electron chi connectivity index (χ4n) is 4.99. The first kappa shape index (κ1) is 21.7. The summed E-state index contributed by atoms with van der Waals surface area (Å²) >= 11 is 3.50. The van der Waals surface area contributed by atoms with Crippen molar-refractivity contribution >= 4 is 35.3 Å². The lowest BCUT2D eigenvalue weighted by Crippen LogP contribution is -2.71. The number of nitrogens with zero attached hydrogens (tertiary/aromatic N) is 5. The maximum absolute atomic E-state index is 13.5. The molecule has 11 heteroatoms. The molecule has 3 aliphatic rings. The average molecular weight is 474 g/mol. The lowest BCUT2D eigenvalue weighted by atomic mass is 9.92. The molecule has 3 fully saturated rings. The van der Waals surface area contributed by atoms with Crippen molar-refractivity contribution in [1.82, 2.24) is 35.7 Å². The van der Waals surface area contributed by atoms with Crippen molar-refractivity contribution < 1.29 is 9.59 Å². The molecule has 2 aromatic rings. The van der Waals surface area contributed by atoms with Crippen LogP contribution in [0.3, 0.4) is 0 Å². The number of nitrogens with one attached hydrogen (secondary N) is 2. The molecule has 2 N–H and O–H groups in total. The molecule has 0 bridgehead atoms. The molecular weight excluding hydrogens is 446 g/mol. The van der Waals surface area contributed by atoms with Crippen LogP contribution in [-0.4, -0.2) is 70.7 Å². The standard InChI is InChI=1S/C21H27N7O2S2/c1-5-9-31-13-8-6-7-12(10-13)21(4)22-11-14(29)28(21)15-18(30)27-16(17-23-25-26-24-17)20(2,3)32-19(15)27/h6-8,10,15-16,19,22H,5,9,11H2,1-4H3,(H,23,24,25,26)/t15?,16?,19-,21?/m1/s1. The predicted molar refractivity (Wildman–Crippen MR) is 123 cm³/mol. The summed E-state index contributed by atoms with van der Waals surface area (Å²) in [6.07, 6.45) is 1.09. The largest absolute Gasteiger partial charge is 0.314 e. The van der Waals surface area contributed by atoms with E-state index in [-0.39, 0.29) is 34.5 Å². The van der Waals surface area contributed by atoms with Gasteiger partial charge in [0.2, 0.25) is 11.8 Å². The molecule has 5 rings (SSSR count). The minimum absolute atomic E-state index is 0.0569. The van der Waals surface area contributed by atoms with Crippen LogP contribution in [0.25, 0.3) is 0 Å². The lowest BCUT2D eigenvalue weighted by molar-refractivity contribution is -0.166. The van der Waals surface area contributed by atoms with Crippen LogP contribution in [0.15, 0.2) is 29.2 Å². The van der Waals surface area contributed by atoms with E-state index < -0.39 is 11.7 Å². The van der Waals surface area contributed by atoms with Crippen LogP contribution in [0.1, 0.15) is 51.5 Å². The molecular formula is C21H27N7O2S2. The van der Waals surface area contributed by atoms with E-state index in [9.17, 15) is 9.59 Å². The molecule has 3 aliphatic heterocycles. The van der Waals surface area contributed by atoms with Gasteiger partial charge < -0.3 is 9.80 Å². The summed E-state index contributed by atoms with van der Waals surface area (Å²) in [6.45, 7) is 8.53. The number of aromatic nitrogens is 4. The van der Waals surface area contributed by atoms with Crippen molar-refractivity contribution in [1.29, 1.82) is 0 Å². The Kier molecular flexibility index (Phi) is 5.25. The van der Waals surface area contributed by atoms with Crippen LogP contribution >= 0.6 is 23.5 Å². The number of β-lactam (4-membered cyclic amide) rings is 1. The number of H-pyrrole nitrogens is 1. The Balaban J connectivity index is 1.47. The van der Waals surface area contributed by atoms with Gasteiger partial charge in [-0.1, -0.05) is 24.3 Å². The molecule has 32 heavy (non-hydrogen) atoms. The minimum atomic E-state index is -0.749. The topological polar surface area (TPSA) is 107 Å². The summed E-state index contributed by atoms with van der Waals surface area (Å²) in [5.74, 6) is 1.42. The molecule has 3 unspecified atom stereocenters. The number of benzene rings is 1. The monoisotopic (exact) mass is 473 g/mol. The van der Waals surface area contributed by atoms with E-state index in [2.05, 4.69) is 58.8 Å². The van der Waals surface area contributed by atoms with Gasteiger partial charge in [-0.25, -0.2) is 0 Å². The number of carbonyl (C=O) groups is 2. The van der Waals surface area contributed by atoms with Crippen LogP contribution in [0, 0.1) is 0 Å². The lowest BCUT2D eigenvalue weighted by Gasteiger charge is -2.51. The van der Waals surface area contributed by atoms with Crippen molar-refractivity contribution in [2.45, 2.75) is 66.9 Å². The molecule has 0 radical (unpaired) electrons. The second-order valence-corrected chi connectivity index (χ2v) is 12.0. The first-order valence-electron chi connectivity index (χ1n) is 10.8. The number of carbonyl (C=O) groups excluding carboxylic acids is 2. The van der Waals surface area contributed by atoms with Gasteiger partial charge >= 0.3 is 0 Å². The number of hydrogen-bond acceptors (Lipinski definition) is 8. The highest BCUT2D eigenvalue weighted by molar-refractivity contribution is 8.01. The Morgan fingerprint density at radius 3 is 2.81 bits per heavy atom. The molecule has 4 atom stereocenters. The van der Waals surface area contributed by atoms with Gasteiger partial charge in [0, 0.05) is 9.64 Å². The Morgan fingerprint density at radius 1 is 1.28 bits per heavy atom. The summed E-state index contributed by atoms with van der Waals surface area (Å²) in [6, 6.07) is 7.46. The Hall–Kier alpha value is -2.11. The number of thioether (sulfide) groups is 2. The zero-order chi connectivity index (χ0) is 22.7. The van der Waals surface area contributed by atoms with Gasteiger partial charge in [0.1, 0.15) is 23.1 Å². The van der Waals surface area contributed by atoms with Crippen LogP contribution in [0.4, 0.5) is 0 Å². The zero-order valence-corrected chi connectivity index (χ0v) is 20.2. The fourth-order valence-corrected chi connectivity index (χ4v) is 7.49. The third-order valence-electron chi connectivity index (χ3n) is 6.50. The quantitative estimate of drug-likeness (QED) is 0.485.